The van der Waals surface area contributed by atoms with Crippen molar-refractivity contribution < 1.29 is 9.26 Å². The Bertz CT molecular complexity index is 359. The van der Waals surface area contributed by atoms with E-state index in [2.05, 4.69) is 17.1 Å². The third-order valence-electron chi connectivity index (χ3n) is 3.70. The molecule has 0 bridgehead atoms. The Balaban J connectivity index is 2.02. The molecule has 5 nitrogen and oxygen atoms in total. The highest BCUT2D eigenvalue weighted by Crippen LogP contribution is 2.37. The van der Waals surface area contributed by atoms with Gasteiger partial charge in [-0.2, -0.15) is 4.98 Å². The molecule has 0 unspecified atom stereocenters. The van der Waals surface area contributed by atoms with Gasteiger partial charge in [-0.15, -0.1) is 0 Å². The molecule has 0 saturated heterocycles. The van der Waals surface area contributed by atoms with E-state index in [4.69, 9.17) is 15.0 Å². The number of rotatable bonds is 6. The lowest BCUT2D eigenvalue weighted by Gasteiger charge is -2.32. The quantitative estimate of drug-likeness (QED) is 0.786. The number of ether oxygens (including phenoxy) is 1. The summed E-state index contributed by atoms with van der Waals surface area (Å²) in [6, 6.07) is 0. The summed E-state index contributed by atoms with van der Waals surface area (Å²) in [4.78, 5) is 4.47. The second-order valence-corrected chi connectivity index (χ2v) is 5.11. The van der Waals surface area contributed by atoms with Gasteiger partial charge >= 0.3 is 0 Å². The van der Waals surface area contributed by atoms with Gasteiger partial charge in [0.05, 0.1) is 5.41 Å². The van der Waals surface area contributed by atoms with Crippen LogP contribution in [0.1, 0.15) is 57.2 Å². The zero-order valence-electron chi connectivity index (χ0n) is 11.2. The molecule has 1 aliphatic rings. The third-order valence-corrected chi connectivity index (χ3v) is 3.70. The van der Waals surface area contributed by atoms with E-state index in [1.165, 1.54) is 19.3 Å². The normalized spacial score (nSPS) is 19.0. The maximum absolute atomic E-state index is 5.94. The lowest BCUT2D eigenvalue weighted by molar-refractivity contribution is 0.114. The van der Waals surface area contributed by atoms with Crippen molar-refractivity contribution in [2.24, 2.45) is 5.73 Å². The van der Waals surface area contributed by atoms with E-state index < -0.39 is 0 Å². The molecule has 0 amide bonds. The summed E-state index contributed by atoms with van der Waals surface area (Å²) >= 11 is 0. The first-order valence-electron chi connectivity index (χ1n) is 6.91. The fourth-order valence-corrected chi connectivity index (χ4v) is 2.57. The minimum absolute atomic E-state index is 0.0890. The predicted octanol–water partition coefficient (Wildman–Crippen LogP) is 2.16. The van der Waals surface area contributed by atoms with Crippen molar-refractivity contribution in [1.82, 2.24) is 10.1 Å². The van der Waals surface area contributed by atoms with Gasteiger partial charge in [0.15, 0.2) is 5.82 Å². The Hall–Kier alpha value is -0.940. The molecule has 1 aromatic rings. The van der Waals surface area contributed by atoms with Crippen molar-refractivity contribution >= 4 is 0 Å². The van der Waals surface area contributed by atoms with Gasteiger partial charge < -0.3 is 15.0 Å². The second-order valence-electron chi connectivity index (χ2n) is 5.11. The monoisotopic (exact) mass is 253 g/mol. The molecule has 1 aliphatic carbocycles. The lowest BCUT2D eigenvalue weighted by Crippen LogP contribution is -2.37. The third kappa shape index (κ3) is 2.90. The van der Waals surface area contributed by atoms with Gasteiger partial charge in [0.1, 0.15) is 6.61 Å². The molecular weight excluding hydrogens is 230 g/mol. The Morgan fingerprint density at radius 1 is 1.33 bits per heavy atom. The van der Waals surface area contributed by atoms with Crippen molar-refractivity contribution in [1.29, 1.82) is 0 Å². The van der Waals surface area contributed by atoms with Crippen LogP contribution in [-0.4, -0.2) is 23.3 Å². The first-order valence-corrected chi connectivity index (χ1v) is 6.91. The SMILES string of the molecule is CCCOCc1noc(C2(CN)CCCCC2)n1. The van der Waals surface area contributed by atoms with Crippen molar-refractivity contribution in [3.05, 3.63) is 11.7 Å². The van der Waals surface area contributed by atoms with Crippen molar-refractivity contribution in [2.75, 3.05) is 13.2 Å². The molecule has 2 N–H and O–H groups in total. The molecule has 102 valence electrons. The van der Waals surface area contributed by atoms with Crippen LogP contribution in [0.3, 0.4) is 0 Å². The van der Waals surface area contributed by atoms with Gasteiger partial charge in [0, 0.05) is 13.2 Å². The lowest BCUT2D eigenvalue weighted by atomic mass is 9.74. The number of hydrogen-bond acceptors (Lipinski definition) is 5. The van der Waals surface area contributed by atoms with E-state index in [1.54, 1.807) is 0 Å². The van der Waals surface area contributed by atoms with Crippen LogP contribution >= 0.6 is 0 Å². The molecule has 1 aromatic heterocycles. The van der Waals surface area contributed by atoms with Crippen LogP contribution in [0.5, 0.6) is 0 Å². The molecular formula is C13H23N3O2. The second kappa shape index (κ2) is 6.29. The minimum Gasteiger partial charge on any atom is -0.373 e. The van der Waals surface area contributed by atoms with Gasteiger partial charge in [0.25, 0.3) is 0 Å². The van der Waals surface area contributed by atoms with Crippen molar-refractivity contribution in [3.8, 4) is 0 Å². The maximum atomic E-state index is 5.94. The molecule has 1 fully saturated rings. The fraction of sp³-hybridized carbons (Fsp3) is 0.846. The highest BCUT2D eigenvalue weighted by molar-refractivity contribution is 5.07. The Morgan fingerprint density at radius 2 is 2.11 bits per heavy atom. The molecule has 5 heteroatoms. The maximum Gasteiger partial charge on any atom is 0.234 e. The summed E-state index contributed by atoms with van der Waals surface area (Å²) in [6.07, 6.45) is 6.78. The van der Waals surface area contributed by atoms with Crippen molar-refractivity contribution in [2.45, 2.75) is 57.5 Å². The first-order chi connectivity index (χ1) is 8.80. The van der Waals surface area contributed by atoms with E-state index in [-0.39, 0.29) is 5.41 Å². The summed E-state index contributed by atoms with van der Waals surface area (Å²) in [5, 5.41) is 3.99. The molecule has 0 radical (unpaired) electrons. The smallest absolute Gasteiger partial charge is 0.234 e. The Labute approximate surface area is 108 Å². The zero-order chi connectivity index (χ0) is 12.8. The summed E-state index contributed by atoms with van der Waals surface area (Å²) in [5.41, 5.74) is 5.85. The summed E-state index contributed by atoms with van der Waals surface area (Å²) in [7, 11) is 0. The van der Waals surface area contributed by atoms with Crippen LogP contribution in [0.4, 0.5) is 0 Å². The molecule has 1 heterocycles. The molecule has 0 aromatic carbocycles. The van der Waals surface area contributed by atoms with Crippen LogP contribution in [0, 0.1) is 0 Å². The minimum atomic E-state index is -0.0890. The zero-order valence-corrected chi connectivity index (χ0v) is 11.2. The van der Waals surface area contributed by atoms with Gasteiger partial charge in [-0.05, 0) is 19.3 Å². The first kappa shape index (κ1) is 13.5. The number of nitrogens with two attached hydrogens (primary N) is 1. The predicted molar refractivity (Wildman–Crippen MR) is 68.1 cm³/mol. The van der Waals surface area contributed by atoms with Crippen molar-refractivity contribution in [3.63, 3.8) is 0 Å². The van der Waals surface area contributed by atoms with E-state index in [9.17, 15) is 0 Å². The van der Waals surface area contributed by atoms with E-state index in [0.29, 0.717) is 24.9 Å². The van der Waals surface area contributed by atoms with Gasteiger partial charge in [-0.3, -0.25) is 0 Å². The molecule has 1 saturated carbocycles. The van der Waals surface area contributed by atoms with Crippen LogP contribution in [0.15, 0.2) is 4.52 Å². The van der Waals surface area contributed by atoms with Gasteiger partial charge in [0.2, 0.25) is 5.89 Å². The molecule has 0 aliphatic heterocycles. The topological polar surface area (TPSA) is 74.2 Å². The van der Waals surface area contributed by atoms with E-state index in [0.717, 1.165) is 25.9 Å². The molecule has 0 spiro atoms. The van der Waals surface area contributed by atoms with Crippen LogP contribution in [-0.2, 0) is 16.8 Å². The highest BCUT2D eigenvalue weighted by atomic mass is 16.5. The van der Waals surface area contributed by atoms with E-state index >= 15 is 0 Å². The van der Waals surface area contributed by atoms with Crippen LogP contribution in [0.2, 0.25) is 0 Å². The Morgan fingerprint density at radius 3 is 2.78 bits per heavy atom. The molecule has 2 rings (SSSR count). The summed E-state index contributed by atoms with van der Waals surface area (Å²) in [6.45, 7) is 3.82. The summed E-state index contributed by atoms with van der Waals surface area (Å²) < 4.78 is 10.8. The average molecular weight is 253 g/mol. The Kier molecular flexibility index (Phi) is 4.72. The standard InChI is InChI=1S/C13H23N3O2/c1-2-8-17-9-11-15-12(18-16-11)13(10-14)6-4-3-5-7-13/h2-10,14H2,1H3. The number of aromatic nitrogens is 2. The highest BCUT2D eigenvalue weighted by Gasteiger charge is 2.37. The van der Waals surface area contributed by atoms with Crippen LogP contribution < -0.4 is 5.73 Å². The van der Waals surface area contributed by atoms with E-state index in [1.807, 2.05) is 0 Å². The fourth-order valence-electron chi connectivity index (χ4n) is 2.57. The van der Waals surface area contributed by atoms with Gasteiger partial charge in [-0.1, -0.05) is 31.3 Å². The summed E-state index contributed by atoms with van der Waals surface area (Å²) in [5.74, 6) is 1.34. The molecule has 18 heavy (non-hydrogen) atoms. The van der Waals surface area contributed by atoms with Gasteiger partial charge in [-0.25, -0.2) is 0 Å². The van der Waals surface area contributed by atoms with Crippen LogP contribution in [0.25, 0.3) is 0 Å². The number of nitrogens with zero attached hydrogens (tertiary/aromatic N) is 2. The number of hydrogen-bond donors (Lipinski definition) is 1. The largest absolute Gasteiger partial charge is 0.373 e. The molecule has 0 atom stereocenters. The average Bonchev–Trinajstić information content (AvgIpc) is 2.89.